The van der Waals surface area contributed by atoms with Gasteiger partial charge in [0.1, 0.15) is 5.82 Å². The average Bonchev–Trinajstić information content (AvgIpc) is 3.05. The minimum atomic E-state index is 0.653. The first-order valence-electron chi connectivity index (χ1n) is 7.00. The van der Waals surface area contributed by atoms with Gasteiger partial charge in [0.25, 0.3) is 0 Å². The topological polar surface area (TPSA) is 56.7 Å². The normalized spacial score (nSPS) is 30.2. The summed E-state index contributed by atoms with van der Waals surface area (Å²) < 4.78 is 2.15. The molecule has 3 atom stereocenters. The lowest BCUT2D eigenvalue weighted by Gasteiger charge is -2.20. The second kappa shape index (κ2) is 5.21. The van der Waals surface area contributed by atoms with Crippen LogP contribution in [0.4, 0.5) is 0 Å². The van der Waals surface area contributed by atoms with Crippen LogP contribution in [-0.2, 0) is 6.54 Å². The highest BCUT2D eigenvalue weighted by atomic mass is 32.2. The number of aromatic nitrogens is 3. The predicted molar refractivity (Wildman–Crippen MR) is 73.5 cm³/mol. The Morgan fingerprint density at radius 3 is 2.89 bits per heavy atom. The van der Waals surface area contributed by atoms with E-state index in [1.807, 2.05) is 18.7 Å². The van der Waals surface area contributed by atoms with Crippen LogP contribution in [0.5, 0.6) is 0 Å². The largest absolute Gasteiger partial charge is 0.329 e. The van der Waals surface area contributed by atoms with Crippen molar-refractivity contribution in [1.29, 1.82) is 0 Å². The molecule has 4 nitrogen and oxygen atoms in total. The molecule has 1 heterocycles. The Kier molecular flexibility index (Phi) is 3.61. The van der Waals surface area contributed by atoms with Crippen molar-refractivity contribution in [2.24, 2.45) is 23.5 Å². The molecule has 0 aliphatic heterocycles. The average molecular weight is 266 g/mol. The highest BCUT2D eigenvalue weighted by Crippen LogP contribution is 2.49. The Balaban J connectivity index is 1.60. The van der Waals surface area contributed by atoms with Gasteiger partial charge >= 0.3 is 0 Å². The lowest BCUT2D eigenvalue weighted by molar-refractivity contribution is 0.365. The van der Waals surface area contributed by atoms with Crippen LogP contribution in [0.3, 0.4) is 0 Å². The molecule has 2 N–H and O–H groups in total. The van der Waals surface area contributed by atoms with E-state index in [0.29, 0.717) is 6.54 Å². The summed E-state index contributed by atoms with van der Waals surface area (Å²) in [6.45, 7) is 3.49. The van der Waals surface area contributed by atoms with Crippen LogP contribution in [0.15, 0.2) is 5.16 Å². The summed E-state index contributed by atoms with van der Waals surface area (Å²) in [4.78, 5) is 0. The maximum atomic E-state index is 5.64. The van der Waals surface area contributed by atoms with Crippen molar-refractivity contribution in [3.8, 4) is 0 Å². The van der Waals surface area contributed by atoms with E-state index in [4.69, 9.17) is 5.73 Å². The molecule has 2 bridgehead atoms. The number of aryl methyl sites for hydroxylation is 1. The maximum absolute atomic E-state index is 5.64. The minimum absolute atomic E-state index is 0.653. The summed E-state index contributed by atoms with van der Waals surface area (Å²) in [6, 6.07) is 0. The Morgan fingerprint density at radius 1 is 1.33 bits per heavy atom. The summed E-state index contributed by atoms with van der Waals surface area (Å²) in [7, 11) is 0. The van der Waals surface area contributed by atoms with Gasteiger partial charge in [-0.25, -0.2) is 0 Å². The zero-order chi connectivity index (χ0) is 12.5. The number of nitrogens with two attached hydrogens (primary N) is 1. The van der Waals surface area contributed by atoms with Gasteiger partial charge in [-0.3, -0.25) is 0 Å². The van der Waals surface area contributed by atoms with Gasteiger partial charge in [0.15, 0.2) is 5.16 Å². The lowest BCUT2D eigenvalue weighted by atomic mass is 9.90. The van der Waals surface area contributed by atoms with E-state index in [-0.39, 0.29) is 0 Å². The molecule has 2 aliphatic carbocycles. The summed E-state index contributed by atoms with van der Waals surface area (Å²) in [6.07, 6.45) is 5.88. The van der Waals surface area contributed by atoms with Gasteiger partial charge in [-0.15, -0.1) is 10.2 Å². The second-order valence-electron chi connectivity index (χ2n) is 5.72. The SMILES string of the molecule is Cc1nnc(SCC2CC3CCC2C3)n1CCN. The van der Waals surface area contributed by atoms with Crippen LogP contribution in [0.2, 0.25) is 0 Å². The van der Waals surface area contributed by atoms with Gasteiger partial charge in [-0.2, -0.15) is 0 Å². The first-order chi connectivity index (χ1) is 8.78. The third-order valence-corrected chi connectivity index (χ3v) is 5.72. The quantitative estimate of drug-likeness (QED) is 0.829. The molecule has 2 saturated carbocycles. The van der Waals surface area contributed by atoms with Crippen molar-refractivity contribution < 1.29 is 0 Å². The Morgan fingerprint density at radius 2 is 2.22 bits per heavy atom. The zero-order valence-electron chi connectivity index (χ0n) is 11.0. The fourth-order valence-electron chi connectivity index (χ4n) is 3.62. The predicted octanol–water partition coefficient (Wildman–Crippen LogP) is 2.07. The molecule has 3 unspecified atom stereocenters. The van der Waals surface area contributed by atoms with Crippen molar-refractivity contribution >= 4 is 11.8 Å². The minimum Gasteiger partial charge on any atom is -0.329 e. The number of rotatable bonds is 5. The number of fused-ring (bicyclic) bond motifs is 2. The molecule has 0 aromatic carbocycles. The van der Waals surface area contributed by atoms with E-state index in [1.54, 1.807) is 0 Å². The number of thioether (sulfide) groups is 1. The zero-order valence-corrected chi connectivity index (χ0v) is 11.8. The standard InChI is InChI=1S/C13H22N4S/c1-9-15-16-13(17(9)5-4-14)18-8-12-7-10-2-3-11(12)6-10/h10-12H,2-8,14H2,1H3. The molecule has 1 aromatic heterocycles. The molecule has 3 rings (SSSR count). The van der Waals surface area contributed by atoms with E-state index in [1.165, 1.54) is 31.4 Å². The Bertz CT molecular complexity index is 417. The second-order valence-corrected chi connectivity index (χ2v) is 6.70. The number of hydrogen-bond donors (Lipinski definition) is 1. The van der Waals surface area contributed by atoms with Crippen molar-refractivity contribution in [3.63, 3.8) is 0 Å². The molecule has 2 aliphatic rings. The lowest BCUT2D eigenvalue weighted by Crippen LogP contribution is -2.15. The molecule has 18 heavy (non-hydrogen) atoms. The summed E-state index contributed by atoms with van der Waals surface area (Å²) in [5.41, 5.74) is 5.64. The van der Waals surface area contributed by atoms with Crippen molar-refractivity contribution in [1.82, 2.24) is 14.8 Å². The van der Waals surface area contributed by atoms with Gasteiger partial charge in [0.2, 0.25) is 0 Å². The molecular weight excluding hydrogens is 244 g/mol. The fourth-order valence-corrected chi connectivity index (χ4v) is 4.87. The molecule has 2 fully saturated rings. The Hall–Kier alpha value is -0.550. The Labute approximate surface area is 113 Å². The van der Waals surface area contributed by atoms with Crippen LogP contribution < -0.4 is 5.73 Å². The van der Waals surface area contributed by atoms with E-state index < -0.39 is 0 Å². The number of hydrogen-bond acceptors (Lipinski definition) is 4. The first kappa shape index (κ1) is 12.5. The van der Waals surface area contributed by atoms with E-state index in [2.05, 4.69) is 14.8 Å². The van der Waals surface area contributed by atoms with Gasteiger partial charge < -0.3 is 10.3 Å². The highest BCUT2D eigenvalue weighted by molar-refractivity contribution is 7.99. The van der Waals surface area contributed by atoms with Gasteiger partial charge in [0, 0.05) is 18.8 Å². The van der Waals surface area contributed by atoms with Gasteiger partial charge in [-0.1, -0.05) is 18.2 Å². The molecule has 1 aromatic rings. The molecule has 0 radical (unpaired) electrons. The summed E-state index contributed by atoms with van der Waals surface area (Å²) in [5, 5.41) is 9.50. The summed E-state index contributed by atoms with van der Waals surface area (Å²) >= 11 is 1.88. The van der Waals surface area contributed by atoms with Gasteiger partial charge in [-0.05, 0) is 43.9 Å². The van der Waals surface area contributed by atoms with Gasteiger partial charge in [0.05, 0.1) is 0 Å². The van der Waals surface area contributed by atoms with E-state index in [9.17, 15) is 0 Å². The van der Waals surface area contributed by atoms with Crippen molar-refractivity contribution in [3.05, 3.63) is 5.82 Å². The highest BCUT2D eigenvalue weighted by Gasteiger charge is 2.39. The third-order valence-electron chi connectivity index (χ3n) is 4.57. The molecular formula is C13H22N4S. The molecule has 100 valence electrons. The van der Waals surface area contributed by atoms with E-state index in [0.717, 1.165) is 35.3 Å². The van der Waals surface area contributed by atoms with Crippen molar-refractivity contribution in [2.45, 2.75) is 44.3 Å². The molecule has 5 heteroatoms. The van der Waals surface area contributed by atoms with Crippen LogP contribution in [-0.4, -0.2) is 27.1 Å². The third kappa shape index (κ3) is 2.30. The van der Waals surface area contributed by atoms with Crippen LogP contribution in [0.1, 0.15) is 31.5 Å². The fraction of sp³-hybridized carbons (Fsp3) is 0.846. The van der Waals surface area contributed by atoms with Crippen LogP contribution >= 0.6 is 11.8 Å². The van der Waals surface area contributed by atoms with Crippen molar-refractivity contribution in [2.75, 3.05) is 12.3 Å². The molecule has 0 spiro atoms. The molecule has 0 saturated heterocycles. The van der Waals surface area contributed by atoms with Crippen LogP contribution in [0.25, 0.3) is 0 Å². The summed E-state index contributed by atoms with van der Waals surface area (Å²) in [5.74, 6) is 5.14. The maximum Gasteiger partial charge on any atom is 0.191 e. The van der Waals surface area contributed by atoms with E-state index >= 15 is 0 Å². The molecule has 0 amide bonds. The monoisotopic (exact) mass is 266 g/mol. The smallest absolute Gasteiger partial charge is 0.191 e. The number of nitrogens with zero attached hydrogens (tertiary/aromatic N) is 3. The van der Waals surface area contributed by atoms with Crippen LogP contribution in [0, 0.1) is 24.7 Å². The first-order valence-corrected chi connectivity index (χ1v) is 7.99.